The van der Waals surface area contributed by atoms with Crippen LogP contribution in [0.3, 0.4) is 0 Å². The molecule has 1 rings (SSSR count). The summed E-state index contributed by atoms with van der Waals surface area (Å²) in [7, 11) is 1.45. The maximum atomic E-state index is 13.5. The van der Waals surface area contributed by atoms with E-state index in [4.69, 9.17) is 4.74 Å². The first-order chi connectivity index (χ1) is 6.70. The van der Waals surface area contributed by atoms with Gasteiger partial charge in [0.25, 0.3) is 0 Å². The summed E-state index contributed by atoms with van der Waals surface area (Å²) in [5, 5.41) is 0. The highest BCUT2D eigenvalue weighted by Gasteiger charge is 2.10. The molecule has 0 fully saturated rings. The van der Waals surface area contributed by atoms with Crippen LogP contribution in [0.2, 0.25) is 0 Å². The summed E-state index contributed by atoms with van der Waals surface area (Å²) in [6, 6.07) is 3.11. The van der Waals surface area contributed by atoms with Crippen LogP contribution >= 0.6 is 15.9 Å². The molecule has 0 aromatic heterocycles. The fourth-order valence-electron chi connectivity index (χ4n) is 0.969. The topological polar surface area (TPSA) is 38.7 Å². The number of hydrogen-bond acceptors (Lipinski definition) is 3. The van der Waals surface area contributed by atoms with Gasteiger partial charge in [-0.3, -0.25) is 0 Å². The van der Waals surface area contributed by atoms with E-state index in [2.05, 4.69) is 20.9 Å². The van der Waals surface area contributed by atoms with Crippen molar-refractivity contribution in [3.63, 3.8) is 0 Å². The largest absolute Gasteiger partial charge is 0.495 e. The predicted octanol–water partition coefficient (Wildman–Crippen LogP) is 2.43. The minimum atomic E-state index is -0.469. The zero-order valence-electron chi connectivity index (χ0n) is 7.38. The number of methoxy groups -OCH3 is 1. The molecule has 0 aliphatic heterocycles. The van der Waals surface area contributed by atoms with Crippen molar-refractivity contribution >= 4 is 22.0 Å². The van der Waals surface area contributed by atoms with Gasteiger partial charge in [0.2, 0.25) is 6.08 Å². The van der Waals surface area contributed by atoms with Gasteiger partial charge in [0.15, 0.2) is 0 Å². The Labute approximate surface area is 88.7 Å². The van der Waals surface area contributed by atoms with Crippen LogP contribution in [-0.4, -0.2) is 13.2 Å². The molecular weight excluding hydrogens is 253 g/mol. The van der Waals surface area contributed by atoms with E-state index < -0.39 is 5.82 Å². The van der Waals surface area contributed by atoms with Gasteiger partial charge in [0.05, 0.1) is 18.1 Å². The van der Waals surface area contributed by atoms with Gasteiger partial charge in [-0.25, -0.2) is 14.2 Å². The average molecular weight is 260 g/mol. The summed E-state index contributed by atoms with van der Waals surface area (Å²) in [5.74, 6) is -0.0651. The molecule has 0 atom stereocenters. The Balaban J connectivity index is 3.10. The van der Waals surface area contributed by atoms with E-state index in [-0.39, 0.29) is 11.0 Å². The van der Waals surface area contributed by atoms with E-state index in [1.54, 1.807) is 6.07 Å². The number of benzene rings is 1. The van der Waals surface area contributed by atoms with Gasteiger partial charge >= 0.3 is 0 Å². The molecule has 0 bridgehead atoms. The van der Waals surface area contributed by atoms with Crippen LogP contribution < -0.4 is 4.74 Å². The lowest BCUT2D eigenvalue weighted by atomic mass is 10.2. The molecule has 0 spiro atoms. The molecule has 0 saturated heterocycles. The molecule has 0 aliphatic carbocycles. The van der Waals surface area contributed by atoms with Crippen molar-refractivity contribution in [1.82, 2.24) is 0 Å². The molecule has 74 valence electrons. The molecule has 0 unspecified atom stereocenters. The number of nitrogens with zero attached hydrogens (tertiary/aromatic N) is 1. The Morgan fingerprint density at radius 3 is 2.93 bits per heavy atom. The van der Waals surface area contributed by atoms with Crippen molar-refractivity contribution in [3.05, 3.63) is 28.0 Å². The number of rotatable bonds is 3. The molecule has 0 radical (unpaired) electrons. The van der Waals surface area contributed by atoms with E-state index in [0.717, 1.165) is 0 Å². The molecular formula is C9H7BrFNO2. The lowest BCUT2D eigenvalue weighted by molar-refractivity contribution is 0.407. The Hall–Kier alpha value is -1.19. The van der Waals surface area contributed by atoms with Gasteiger partial charge in [0, 0.05) is 5.56 Å². The van der Waals surface area contributed by atoms with Crippen LogP contribution in [0.1, 0.15) is 5.56 Å². The van der Waals surface area contributed by atoms with Gasteiger partial charge in [-0.1, -0.05) is 6.07 Å². The number of isocyanates is 1. The van der Waals surface area contributed by atoms with Crippen LogP contribution in [0, 0.1) is 5.82 Å². The van der Waals surface area contributed by atoms with Crippen molar-refractivity contribution in [2.24, 2.45) is 4.99 Å². The maximum absolute atomic E-state index is 13.5. The zero-order chi connectivity index (χ0) is 10.6. The maximum Gasteiger partial charge on any atom is 0.235 e. The summed E-state index contributed by atoms with van der Waals surface area (Å²) in [6.45, 7) is -0.0159. The molecule has 5 heteroatoms. The van der Waals surface area contributed by atoms with Crippen molar-refractivity contribution in [1.29, 1.82) is 0 Å². The lowest BCUT2D eigenvalue weighted by Gasteiger charge is -2.06. The number of halogens is 2. The van der Waals surface area contributed by atoms with Gasteiger partial charge in [-0.2, -0.15) is 0 Å². The normalized spacial score (nSPS) is 9.36. The van der Waals surface area contributed by atoms with Crippen molar-refractivity contribution in [2.75, 3.05) is 7.11 Å². The predicted molar refractivity (Wildman–Crippen MR) is 52.5 cm³/mol. The van der Waals surface area contributed by atoms with Crippen molar-refractivity contribution in [3.8, 4) is 5.75 Å². The van der Waals surface area contributed by atoms with Gasteiger partial charge in [0.1, 0.15) is 11.6 Å². The van der Waals surface area contributed by atoms with Crippen LogP contribution in [0.4, 0.5) is 4.39 Å². The lowest BCUT2D eigenvalue weighted by Crippen LogP contribution is -1.93. The van der Waals surface area contributed by atoms with Crippen LogP contribution in [0.15, 0.2) is 21.6 Å². The van der Waals surface area contributed by atoms with Crippen LogP contribution in [0.25, 0.3) is 0 Å². The molecule has 1 aromatic carbocycles. The first-order valence-electron chi connectivity index (χ1n) is 3.75. The third kappa shape index (κ3) is 2.19. The summed E-state index contributed by atoms with van der Waals surface area (Å²) >= 11 is 3.04. The molecule has 14 heavy (non-hydrogen) atoms. The number of aliphatic imine (C=N–C) groups is 1. The van der Waals surface area contributed by atoms with E-state index >= 15 is 0 Å². The van der Waals surface area contributed by atoms with Crippen LogP contribution in [-0.2, 0) is 11.3 Å². The summed E-state index contributed by atoms with van der Waals surface area (Å²) in [4.78, 5) is 13.1. The third-order valence-corrected chi connectivity index (χ3v) is 2.40. The quantitative estimate of drug-likeness (QED) is 0.618. The molecule has 0 N–H and O–H groups in total. The van der Waals surface area contributed by atoms with Crippen molar-refractivity contribution in [2.45, 2.75) is 6.54 Å². The second kappa shape index (κ2) is 4.88. The first kappa shape index (κ1) is 10.9. The summed E-state index contributed by atoms with van der Waals surface area (Å²) < 4.78 is 18.6. The number of hydrogen-bond donors (Lipinski definition) is 0. The molecule has 0 saturated carbocycles. The Bertz CT molecular complexity index is 389. The molecule has 3 nitrogen and oxygen atoms in total. The second-order valence-corrected chi connectivity index (χ2v) is 3.26. The summed E-state index contributed by atoms with van der Waals surface area (Å²) in [6.07, 6.45) is 1.35. The minimum Gasteiger partial charge on any atom is -0.495 e. The number of ether oxygens (including phenoxy) is 1. The molecule has 0 heterocycles. The van der Waals surface area contributed by atoms with Gasteiger partial charge < -0.3 is 4.74 Å². The smallest absolute Gasteiger partial charge is 0.235 e. The SMILES string of the molecule is COc1ccc(CN=C=O)c(F)c1Br. The van der Waals surface area contributed by atoms with Gasteiger partial charge in [-0.05, 0) is 22.0 Å². The third-order valence-electron chi connectivity index (χ3n) is 1.66. The fourth-order valence-corrected chi connectivity index (χ4v) is 1.52. The molecule has 1 aromatic rings. The highest BCUT2D eigenvalue weighted by atomic mass is 79.9. The average Bonchev–Trinajstić information content (AvgIpc) is 2.20. The van der Waals surface area contributed by atoms with E-state index in [1.807, 2.05) is 0 Å². The minimum absolute atomic E-state index is 0.0159. The van der Waals surface area contributed by atoms with E-state index in [9.17, 15) is 9.18 Å². The first-order valence-corrected chi connectivity index (χ1v) is 4.54. The number of carbonyl (C=O) groups excluding carboxylic acids is 1. The summed E-state index contributed by atoms with van der Waals surface area (Å²) in [5.41, 5.74) is 0.320. The Morgan fingerprint density at radius 2 is 2.36 bits per heavy atom. The fraction of sp³-hybridized carbons (Fsp3) is 0.222. The Morgan fingerprint density at radius 1 is 1.64 bits per heavy atom. The molecule has 0 amide bonds. The van der Waals surface area contributed by atoms with Crippen molar-refractivity contribution < 1.29 is 13.9 Å². The van der Waals surface area contributed by atoms with Gasteiger partial charge in [-0.15, -0.1) is 0 Å². The molecule has 0 aliphatic rings. The standard InChI is InChI=1S/C9H7BrFNO2/c1-14-7-3-2-6(4-12-5-13)9(11)8(7)10/h2-3H,4H2,1H3. The highest BCUT2D eigenvalue weighted by Crippen LogP contribution is 2.29. The zero-order valence-corrected chi connectivity index (χ0v) is 8.97. The van der Waals surface area contributed by atoms with E-state index in [0.29, 0.717) is 11.3 Å². The monoisotopic (exact) mass is 259 g/mol. The van der Waals surface area contributed by atoms with E-state index in [1.165, 1.54) is 19.3 Å². The Kier molecular flexibility index (Phi) is 3.80. The highest BCUT2D eigenvalue weighted by molar-refractivity contribution is 9.10. The second-order valence-electron chi connectivity index (χ2n) is 2.46. The van der Waals surface area contributed by atoms with Crippen LogP contribution in [0.5, 0.6) is 5.75 Å².